The fraction of sp³-hybridized carbons (Fsp3) is 0.0714. The van der Waals surface area contributed by atoms with Crippen LogP contribution in [0.1, 0.15) is 16.8 Å². The van der Waals surface area contributed by atoms with Crippen molar-refractivity contribution in [3.63, 3.8) is 0 Å². The molecule has 1 heterocycles. The summed E-state index contributed by atoms with van der Waals surface area (Å²) >= 11 is 0. The molecular formula is C14H9FN4. The van der Waals surface area contributed by atoms with Crippen LogP contribution in [0.5, 0.6) is 0 Å². The molecule has 0 spiro atoms. The normalized spacial score (nSPS) is 9.47. The molecule has 5 heteroatoms. The second kappa shape index (κ2) is 5.16. The molecule has 4 nitrogen and oxygen atoms in total. The van der Waals surface area contributed by atoms with Crippen LogP contribution >= 0.6 is 0 Å². The number of benzene rings is 1. The number of nitrogens with zero attached hydrogens (tertiary/aromatic N) is 3. The van der Waals surface area contributed by atoms with Crippen molar-refractivity contribution in [2.24, 2.45) is 0 Å². The van der Waals surface area contributed by atoms with Crippen LogP contribution in [0.15, 0.2) is 30.3 Å². The van der Waals surface area contributed by atoms with Crippen LogP contribution < -0.4 is 5.32 Å². The van der Waals surface area contributed by atoms with E-state index in [1.54, 1.807) is 25.1 Å². The predicted molar refractivity (Wildman–Crippen MR) is 68.1 cm³/mol. The maximum absolute atomic E-state index is 13.2. The lowest BCUT2D eigenvalue weighted by atomic mass is 10.2. The molecule has 0 bridgehead atoms. The van der Waals surface area contributed by atoms with Gasteiger partial charge >= 0.3 is 0 Å². The van der Waals surface area contributed by atoms with Crippen LogP contribution in [0.2, 0.25) is 0 Å². The van der Waals surface area contributed by atoms with E-state index in [1.165, 1.54) is 18.2 Å². The van der Waals surface area contributed by atoms with Crippen molar-refractivity contribution in [1.82, 2.24) is 4.98 Å². The van der Waals surface area contributed by atoms with Gasteiger partial charge in [0, 0.05) is 11.4 Å². The summed E-state index contributed by atoms with van der Waals surface area (Å²) in [7, 11) is 0. The Labute approximate surface area is 109 Å². The third-order valence-electron chi connectivity index (χ3n) is 2.44. The Morgan fingerprint density at radius 3 is 2.63 bits per heavy atom. The number of nitriles is 2. The molecule has 0 saturated heterocycles. The third-order valence-corrected chi connectivity index (χ3v) is 2.44. The van der Waals surface area contributed by atoms with E-state index in [2.05, 4.69) is 10.3 Å². The monoisotopic (exact) mass is 252 g/mol. The maximum Gasteiger partial charge on any atom is 0.141 e. The van der Waals surface area contributed by atoms with Crippen molar-refractivity contribution in [3.05, 3.63) is 53.0 Å². The molecule has 0 saturated carbocycles. The molecule has 2 aromatic rings. The molecule has 19 heavy (non-hydrogen) atoms. The van der Waals surface area contributed by atoms with E-state index < -0.39 is 5.82 Å². The van der Waals surface area contributed by atoms with Crippen molar-refractivity contribution < 1.29 is 4.39 Å². The van der Waals surface area contributed by atoms with Gasteiger partial charge < -0.3 is 5.32 Å². The number of aryl methyl sites for hydroxylation is 1. The van der Waals surface area contributed by atoms with E-state index in [0.29, 0.717) is 22.8 Å². The number of halogens is 1. The van der Waals surface area contributed by atoms with Gasteiger partial charge in [-0.15, -0.1) is 0 Å². The summed E-state index contributed by atoms with van der Waals surface area (Å²) in [6.45, 7) is 1.78. The Morgan fingerprint density at radius 1 is 1.16 bits per heavy atom. The standard InChI is InChI=1S/C14H9FN4/c1-9-4-10(7-16)5-14(18-9)19-12-2-3-13(15)11(6-12)8-17/h2-6H,1H3,(H,18,19). The molecule has 0 radical (unpaired) electrons. The second-order valence-corrected chi connectivity index (χ2v) is 3.93. The fourth-order valence-corrected chi connectivity index (χ4v) is 1.63. The quantitative estimate of drug-likeness (QED) is 0.891. The van der Waals surface area contributed by atoms with E-state index in [9.17, 15) is 4.39 Å². The fourth-order valence-electron chi connectivity index (χ4n) is 1.63. The molecule has 0 aliphatic carbocycles. The summed E-state index contributed by atoms with van der Waals surface area (Å²) in [5, 5.41) is 20.6. The van der Waals surface area contributed by atoms with Gasteiger partial charge in [-0.25, -0.2) is 9.37 Å². The summed E-state index contributed by atoms with van der Waals surface area (Å²) < 4.78 is 13.2. The van der Waals surface area contributed by atoms with E-state index in [1.807, 2.05) is 6.07 Å². The van der Waals surface area contributed by atoms with E-state index in [-0.39, 0.29) is 5.56 Å². The highest BCUT2D eigenvalue weighted by molar-refractivity contribution is 5.60. The van der Waals surface area contributed by atoms with Crippen molar-refractivity contribution in [2.75, 3.05) is 5.32 Å². The first-order valence-electron chi connectivity index (χ1n) is 5.48. The van der Waals surface area contributed by atoms with Gasteiger partial charge in [0.2, 0.25) is 0 Å². The van der Waals surface area contributed by atoms with Crippen LogP contribution in [-0.2, 0) is 0 Å². The lowest BCUT2D eigenvalue weighted by molar-refractivity contribution is 0.624. The topological polar surface area (TPSA) is 72.5 Å². The van der Waals surface area contributed by atoms with Crippen molar-refractivity contribution in [2.45, 2.75) is 6.92 Å². The molecule has 1 N–H and O–H groups in total. The molecule has 1 aromatic heterocycles. The van der Waals surface area contributed by atoms with Crippen LogP contribution in [0.25, 0.3) is 0 Å². The number of hydrogen-bond donors (Lipinski definition) is 1. The van der Waals surface area contributed by atoms with Crippen molar-refractivity contribution in [1.29, 1.82) is 10.5 Å². The highest BCUT2D eigenvalue weighted by Crippen LogP contribution is 2.19. The first-order valence-corrected chi connectivity index (χ1v) is 5.48. The molecule has 1 aromatic carbocycles. The number of rotatable bonds is 2. The molecular weight excluding hydrogens is 243 g/mol. The molecule has 0 unspecified atom stereocenters. The smallest absolute Gasteiger partial charge is 0.141 e. The van der Waals surface area contributed by atoms with Gasteiger partial charge in [0.1, 0.15) is 17.7 Å². The minimum atomic E-state index is -0.567. The summed E-state index contributed by atoms with van der Waals surface area (Å²) in [5.74, 6) is -0.0880. The van der Waals surface area contributed by atoms with Gasteiger partial charge in [0.05, 0.1) is 17.2 Å². The SMILES string of the molecule is Cc1cc(C#N)cc(Nc2ccc(F)c(C#N)c2)n1. The van der Waals surface area contributed by atoms with Gasteiger partial charge in [-0.2, -0.15) is 10.5 Å². The van der Waals surface area contributed by atoms with Gasteiger partial charge in [0.15, 0.2) is 0 Å². The van der Waals surface area contributed by atoms with Gasteiger partial charge in [-0.1, -0.05) is 0 Å². The predicted octanol–water partition coefficient (Wildman–Crippen LogP) is 3.02. The number of anilines is 2. The Balaban J connectivity index is 2.34. The molecule has 0 amide bonds. The van der Waals surface area contributed by atoms with Crippen LogP contribution in [-0.4, -0.2) is 4.98 Å². The largest absolute Gasteiger partial charge is 0.340 e. The number of pyridine rings is 1. The minimum Gasteiger partial charge on any atom is -0.340 e. The number of hydrogen-bond acceptors (Lipinski definition) is 4. The Kier molecular flexibility index (Phi) is 3.40. The molecule has 0 atom stereocenters. The number of nitrogens with one attached hydrogen (secondary N) is 1. The van der Waals surface area contributed by atoms with Gasteiger partial charge in [0.25, 0.3) is 0 Å². The molecule has 2 rings (SSSR count). The summed E-state index contributed by atoms with van der Waals surface area (Å²) in [4.78, 5) is 4.22. The van der Waals surface area contributed by atoms with E-state index in [4.69, 9.17) is 10.5 Å². The van der Waals surface area contributed by atoms with Crippen LogP contribution in [0.4, 0.5) is 15.9 Å². The molecule has 0 aliphatic rings. The van der Waals surface area contributed by atoms with Crippen molar-refractivity contribution in [3.8, 4) is 12.1 Å². The molecule has 0 fully saturated rings. The van der Waals surface area contributed by atoms with Crippen molar-refractivity contribution >= 4 is 11.5 Å². The zero-order valence-corrected chi connectivity index (χ0v) is 10.1. The van der Waals surface area contributed by atoms with E-state index >= 15 is 0 Å². The van der Waals surface area contributed by atoms with E-state index in [0.717, 1.165) is 0 Å². The zero-order valence-electron chi connectivity index (χ0n) is 10.1. The molecule has 0 aliphatic heterocycles. The summed E-state index contributed by atoms with van der Waals surface area (Å²) in [6.07, 6.45) is 0. The highest BCUT2D eigenvalue weighted by Gasteiger charge is 2.04. The molecule has 92 valence electrons. The van der Waals surface area contributed by atoms with Gasteiger partial charge in [-0.05, 0) is 37.3 Å². The highest BCUT2D eigenvalue weighted by atomic mass is 19.1. The van der Waals surface area contributed by atoms with Crippen LogP contribution in [0.3, 0.4) is 0 Å². The zero-order chi connectivity index (χ0) is 13.8. The Morgan fingerprint density at radius 2 is 1.95 bits per heavy atom. The Hall–Kier alpha value is -2.92. The number of aromatic nitrogens is 1. The van der Waals surface area contributed by atoms with Gasteiger partial charge in [-0.3, -0.25) is 0 Å². The summed E-state index contributed by atoms with van der Waals surface area (Å²) in [5.41, 5.74) is 1.68. The maximum atomic E-state index is 13.2. The first kappa shape index (κ1) is 12.5. The average molecular weight is 252 g/mol. The third kappa shape index (κ3) is 2.85. The average Bonchev–Trinajstić information content (AvgIpc) is 2.40. The lowest BCUT2D eigenvalue weighted by Gasteiger charge is -2.07. The van der Waals surface area contributed by atoms with Crippen LogP contribution in [0, 0.1) is 35.4 Å². The Bertz CT molecular complexity index is 710. The minimum absolute atomic E-state index is 0.0434. The summed E-state index contributed by atoms with van der Waals surface area (Å²) in [6, 6.07) is 11.2. The lowest BCUT2D eigenvalue weighted by Crippen LogP contribution is -1.97. The first-order chi connectivity index (χ1) is 9.12. The second-order valence-electron chi connectivity index (χ2n) is 3.93.